The Labute approximate surface area is 103 Å². The molecule has 0 aliphatic heterocycles. The van der Waals surface area contributed by atoms with Gasteiger partial charge in [-0.3, -0.25) is 0 Å². The molecule has 2 aliphatic rings. The SMILES string of the molecule is CC1CC(C2=CC(O)C(O)CC2)CC(C)C1O. The van der Waals surface area contributed by atoms with Crippen molar-refractivity contribution in [3.63, 3.8) is 0 Å². The number of hydrogen-bond donors (Lipinski definition) is 3. The Hall–Kier alpha value is -0.380. The van der Waals surface area contributed by atoms with E-state index in [1.54, 1.807) is 0 Å². The highest BCUT2D eigenvalue weighted by molar-refractivity contribution is 5.16. The Balaban J connectivity index is 2.06. The first-order valence-electron chi connectivity index (χ1n) is 6.73. The van der Waals surface area contributed by atoms with Crippen molar-refractivity contribution in [2.75, 3.05) is 0 Å². The molecule has 2 rings (SSSR count). The van der Waals surface area contributed by atoms with E-state index < -0.39 is 12.2 Å². The van der Waals surface area contributed by atoms with Gasteiger partial charge in [-0.25, -0.2) is 0 Å². The Kier molecular flexibility index (Phi) is 3.91. The molecule has 17 heavy (non-hydrogen) atoms. The van der Waals surface area contributed by atoms with Crippen molar-refractivity contribution in [1.82, 2.24) is 0 Å². The maximum atomic E-state index is 9.95. The summed E-state index contributed by atoms with van der Waals surface area (Å²) in [5, 5.41) is 29.1. The topological polar surface area (TPSA) is 60.7 Å². The lowest BCUT2D eigenvalue weighted by molar-refractivity contribution is 0.0114. The van der Waals surface area contributed by atoms with E-state index in [1.165, 1.54) is 5.57 Å². The van der Waals surface area contributed by atoms with E-state index in [0.29, 0.717) is 24.2 Å². The molecule has 0 aromatic rings. The summed E-state index contributed by atoms with van der Waals surface area (Å²) < 4.78 is 0. The van der Waals surface area contributed by atoms with Gasteiger partial charge >= 0.3 is 0 Å². The van der Waals surface area contributed by atoms with Crippen LogP contribution < -0.4 is 0 Å². The Morgan fingerprint density at radius 1 is 1.06 bits per heavy atom. The standard InChI is InChI=1S/C14H24O3/c1-8-5-11(6-9(2)14(8)17)10-3-4-12(15)13(16)7-10/h7-9,11-17H,3-6H2,1-2H3. The molecule has 3 nitrogen and oxygen atoms in total. The molecule has 4 atom stereocenters. The molecular formula is C14H24O3. The third-order valence-electron chi connectivity index (χ3n) is 4.51. The third-order valence-corrected chi connectivity index (χ3v) is 4.51. The van der Waals surface area contributed by atoms with E-state index in [2.05, 4.69) is 13.8 Å². The van der Waals surface area contributed by atoms with Gasteiger partial charge in [0.25, 0.3) is 0 Å². The summed E-state index contributed by atoms with van der Waals surface area (Å²) in [6.07, 6.45) is 3.91. The smallest absolute Gasteiger partial charge is 0.0982 e. The second-order valence-electron chi connectivity index (χ2n) is 5.95. The summed E-state index contributed by atoms with van der Waals surface area (Å²) in [4.78, 5) is 0. The Morgan fingerprint density at radius 3 is 2.18 bits per heavy atom. The van der Waals surface area contributed by atoms with Gasteiger partial charge in [0.05, 0.1) is 18.3 Å². The molecule has 0 spiro atoms. The second kappa shape index (κ2) is 5.09. The minimum Gasteiger partial charge on any atom is -0.393 e. The summed E-state index contributed by atoms with van der Waals surface area (Å²) in [7, 11) is 0. The minimum absolute atomic E-state index is 0.189. The molecule has 98 valence electrons. The summed E-state index contributed by atoms with van der Waals surface area (Å²) >= 11 is 0. The predicted octanol–water partition coefficient (Wildman–Crippen LogP) is 1.47. The fourth-order valence-electron chi connectivity index (χ4n) is 3.38. The van der Waals surface area contributed by atoms with Crippen molar-refractivity contribution in [1.29, 1.82) is 0 Å². The van der Waals surface area contributed by atoms with E-state index in [4.69, 9.17) is 0 Å². The van der Waals surface area contributed by atoms with Crippen LogP contribution in [-0.4, -0.2) is 33.6 Å². The van der Waals surface area contributed by atoms with Crippen LogP contribution in [-0.2, 0) is 0 Å². The van der Waals surface area contributed by atoms with Crippen LogP contribution in [0.3, 0.4) is 0 Å². The Morgan fingerprint density at radius 2 is 1.65 bits per heavy atom. The molecule has 1 saturated carbocycles. The van der Waals surface area contributed by atoms with Crippen LogP contribution in [0, 0.1) is 17.8 Å². The summed E-state index contributed by atoms with van der Waals surface area (Å²) in [6.45, 7) is 4.20. The predicted molar refractivity (Wildman–Crippen MR) is 66.4 cm³/mol. The monoisotopic (exact) mass is 240 g/mol. The molecule has 2 aliphatic carbocycles. The number of hydrogen-bond acceptors (Lipinski definition) is 3. The molecular weight excluding hydrogens is 216 g/mol. The zero-order chi connectivity index (χ0) is 12.6. The van der Waals surface area contributed by atoms with Crippen LogP contribution in [0.2, 0.25) is 0 Å². The molecule has 0 radical (unpaired) electrons. The van der Waals surface area contributed by atoms with Crippen LogP contribution in [0.1, 0.15) is 39.5 Å². The molecule has 0 bridgehead atoms. The molecule has 1 fully saturated rings. The number of rotatable bonds is 1. The highest BCUT2D eigenvalue weighted by atomic mass is 16.3. The van der Waals surface area contributed by atoms with Crippen molar-refractivity contribution in [3.05, 3.63) is 11.6 Å². The fraction of sp³-hybridized carbons (Fsp3) is 0.857. The van der Waals surface area contributed by atoms with Gasteiger partial charge in [0.15, 0.2) is 0 Å². The average molecular weight is 240 g/mol. The van der Waals surface area contributed by atoms with Gasteiger partial charge in [-0.15, -0.1) is 0 Å². The number of allylic oxidation sites excluding steroid dienone is 1. The lowest BCUT2D eigenvalue weighted by Gasteiger charge is -2.38. The average Bonchev–Trinajstić information content (AvgIpc) is 2.29. The zero-order valence-corrected chi connectivity index (χ0v) is 10.7. The maximum Gasteiger partial charge on any atom is 0.0982 e. The van der Waals surface area contributed by atoms with Gasteiger partial charge in [-0.05, 0) is 43.4 Å². The Bertz CT molecular complexity index is 288. The zero-order valence-electron chi connectivity index (χ0n) is 10.7. The van der Waals surface area contributed by atoms with Gasteiger partial charge in [0.1, 0.15) is 0 Å². The normalized spacial score (nSPS) is 47.7. The van der Waals surface area contributed by atoms with Gasteiger partial charge in [0.2, 0.25) is 0 Å². The molecule has 0 saturated heterocycles. The number of aliphatic hydroxyl groups excluding tert-OH is 3. The molecule has 3 N–H and O–H groups in total. The highest BCUT2D eigenvalue weighted by Gasteiger charge is 2.34. The lowest BCUT2D eigenvalue weighted by atomic mass is 9.70. The molecule has 4 unspecified atom stereocenters. The van der Waals surface area contributed by atoms with Gasteiger partial charge in [0, 0.05) is 0 Å². The van der Waals surface area contributed by atoms with Crippen molar-refractivity contribution < 1.29 is 15.3 Å². The van der Waals surface area contributed by atoms with Crippen LogP contribution in [0.25, 0.3) is 0 Å². The van der Waals surface area contributed by atoms with Gasteiger partial charge in [-0.2, -0.15) is 0 Å². The maximum absolute atomic E-state index is 9.95. The van der Waals surface area contributed by atoms with Crippen LogP contribution in [0.15, 0.2) is 11.6 Å². The first-order valence-corrected chi connectivity index (χ1v) is 6.73. The lowest BCUT2D eigenvalue weighted by Crippen LogP contribution is -2.36. The van der Waals surface area contributed by atoms with Crippen LogP contribution >= 0.6 is 0 Å². The number of aliphatic hydroxyl groups is 3. The second-order valence-corrected chi connectivity index (χ2v) is 5.95. The minimum atomic E-state index is -0.698. The van der Waals surface area contributed by atoms with Gasteiger partial charge in [-0.1, -0.05) is 25.5 Å². The molecule has 0 amide bonds. The van der Waals surface area contributed by atoms with E-state index in [9.17, 15) is 15.3 Å². The molecule has 3 heteroatoms. The fourth-order valence-corrected chi connectivity index (χ4v) is 3.38. The summed E-state index contributed by atoms with van der Waals surface area (Å²) in [5.41, 5.74) is 1.29. The van der Waals surface area contributed by atoms with E-state index >= 15 is 0 Å². The first kappa shape index (κ1) is 13.1. The molecule has 0 heterocycles. The summed E-state index contributed by atoms with van der Waals surface area (Å²) in [6, 6.07) is 0. The molecule has 0 aromatic carbocycles. The van der Waals surface area contributed by atoms with E-state index in [1.807, 2.05) is 6.08 Å². The van der Waals surface area contributed by atoms with Gasteiger partial charge < -0.3 is 15.3 Å². The van der Waals surface area contributed by atoms with Crippen molar-refractivity contribution >= 4 is 0 Å². The van der Waals surface area contributed by atoms with E-state index in [-0.39, 0.29) is 6.10 Å². The van der Waals surface area contributed by atoms with E-state index in [0.717, 1.165) is 19.3 Å². The molecule has 0 aromatic heterocycles. The quantitative estimate of drug-likeness (QED) is 0.608. The largest absolute Gasteiger partial charge is 0.393 e. The highest BCUT2D eigenvalue weighted by Crippen LogP contribution is 2.40. The van der Waals surface area contributed by atoms with Crippen LogP contribution in [0.5, 0.6) is 0 Å². The van der Waals surface area contributed by atoms with Crippen molar-refractivity contribution in [3.8, 4) is 0 Å². The first-order chi connectivity index (χ1) is 7.99. The summed E-state index contributed by atoms with van der Waals surface area (Å²) in [5.74, 6) is 1.13. The third kappa shape index (κ3) is 2.72. The van der Waals surface area contributed by atoms with Crippen molar-refractivity contribution in [2.24, 2.45) is 17.8 Å². The van der Waals surface area contributed by atoms with Crippen LogP contribution in [0.4, 0.5) is 0 Å². The van der Waals surface area contributed by atoms with Crippen molar-refractivity contribution in [2.45, 2.75) is 57.8 Å².